The molecule has 0 aliphatic carbocycles. The van der Waals surface area contributed by atoms with E-state index in [1.165, 1.54) is 30.8 Å². The maximum atomic E-state index is 13.0. The van der Waals surface area contributed by atoms with Gasteiger partial charge < -0.3 is 19.5 Å². The lowest BCUT2D eigenvalue weighted by atomic mass is 10.2. The van der Waals surface area contributed by atoms with E-state index in [1.54, 1.807) is 36.9 Å². The highest BCUT2D eigenvalue weighted by atomic mass is 16.5. The molecule has 0 fully saturated rings. The highest BCUT2D eigenvalue weighted by Crippen LogP contribution is 2.28. The SMILES string of the molecule is CCOc1cc(C(=O)OC(C)C(=O)Nc2c(C)n(C)n(-c3ccccc3)c2=O)ccc1OC. The largest absolute Gasteiger partial charge is 0.493 e. The third kappa shape index (κ3) is 4.92. The number of anilines is 1. The number of rotatable bonds is 8. The summed E-state index contributed by atoms with van der Waals surface area (Å²) >= 11 is 0. The van der Waals surface area contributed by atoms with Gasteiger partial charge in [0.1, 0.15) is 5.69 Å². The van der Waals surface area contributed by atoms with E-state index in [4.69, 9.17) is 14.2 Å². The van der Waals surface area contributed by atoms with Gasteiger partial charge in [-0.1, -0.05) is 18.2 Å². The van der Waals surface area contributed by atoms with Crippen molar-refractivity contribution in [3.8, 4) is 17.2 Å². The number of benzene rings is 2. The first kappa shape index (κ1) is 23.6. The molecule has 33 heavy (non-hydrogen) atoms. The van der Waals surface area contributed by atoms with Crippen molar-refractivity contribution in [3.05, 3.63) is 70.1 Å². The second-order valence-corrected chi connectivity index (χ2v) is 7.27. The Balaban J connectivity index is 1.76. The van der Waals surface area contributed by atoms with Crippen LogP contribution in [-0.2, 0) is 16.6 Å². The maximum absolute atomic E-state index is 13.0. The van der Waals surface area contributed by atoms with Crippen LogP contribution in [0.25, 0.3) is 5.69 Å². The zero-order chi connectivity index (χ0) is 24.1. The summed E-state index contributed by atoms with van der Waals surface area (Å²) in [6.07, 6.45) is -1.14. The van der Waals surface area contributed by atoms with Crippen LogP contribution in [-0.4, -0.2) is 41.1 Å². The van der Waals surface area contributed by atoms with Crippen LogP contribution < -0.4 is 20.3 Å². The second-order valence-electron chi connectivity index (χ2n) is 7.27. The van der Waals surface area contributed by atoms with Crippen LogP contribution >= 0.6 is 0 Å². The van der Waals surface area contributed by atoms with Crippen molar-refractivity contribution in [2.24, 2.45) is 7.05 Å². The third-order valence-corrected chi connectivity index (χ3v) is 5.15. The van der Waals surface area contributed by atoms with E-state index in [2.05, 4.69) is 5.32 Å². The molecule has 9 nitrogen and oxygen atoms in total. The minimum atomic E-state index is -1.14. The highest BCUT2D eigenvalue weighted by molar-refractivity contribution is 5.97. The summed E-state index contributed by atoms with van der Waals surface area (Å²) in [7, 11) is 3.22. The topological polar surface area (TPSA) is 101 Å². The number of esters is 1. The molecule has 0 radical (unpaired) electrons. The van der Waals surface area contributed by atoms with E-state index >= 15 is 0 Å². The summed E-state index contributed by atoms with van der Waals surface area (Å²) in [5, 5.41) is 2.60. The summed E-state index contributed by atoms with van der Waals surface area (Å²) in [6.45, 7) is 5.37. The Hall–Kier alpha value is -4.01. The number of aromatic nitrogens is 2. The van der Waals surface area contributed by atoms with Gasteiger partial charge in [-0.05, 0) is 51.1 Å². The number of carbonyl (C=O) groups is 2. The first-order valence-corrected chi connectivity index (χ1v) is 10.4. The van der Waals surface area contributed by atoms with Gasteiger partial charge in [0.25, 0.3) is 11.5 Å². The molecular weight excluding hydrogens is 426 g/mol. The smallest absolute Gasteiger partial charge is 0.339 e. The van der Waals surface area contributed by atoms with Crippen LogP contribution in [0.15, 0.2) is 53.3 Å². The Morgan fingerprint density at radius 1 is 1.09 bits per heavy atom. The lowest BCUT2D eigenvalue weighted by Crippen LogP contribution is -2.32. The standard InChI is InChI=1S/C24H27N3O6/c1-6-32-20-14-17(12-13-19(20)31-5)24(30)33-16(3)22(28)25-21-15(2)26(4)27(23(21)29)18-10-8-7-9-11-18/h7-14,16H,6H2,1-5H3,(H,25,28). The van der Waals surface area contributed by atoms with E-state index in [-0.39, 0.29) is 16.8 Å². The number of hydrogen-bond donors (Lipinski definition) is 1. The molecule has 0 saturated heterocycles. The monoisotopic (exact) mass is 453 g/mol. The van der Waals surface area contributed by atoms with Crippen molar-refractivity contribution in [3.63, 3.8) is 0 Å². The van der Waals surface area contributed by atoms with E-state index in [9.17, 15) is 14.4 Å². The lowest BCUT2D eigenvalue weighted by Gasteiger charge is -2.14. The molecule has 1 aromatic heterocycles. The molecule has 1 unspecified atom stereocenters. The average molecular weight is 453 g/mol. The first-order valence-electron chi connectivity index (χ1n) is 10.4. The van der Waals surface area contributed by atoms with Gasteiger partial charge in [0, 0.05) is 7.05 Å². The van der Waals surface area contributed by atoms with Gasteiger partial charge in [-0.25, -0.2) is 9.48 Å². The maximum Gasteiger partial charge on any atom is 0.339 e. The summed E-state index contributed by atoms with van der Waals surface area (Å²) < 4.78 is 19.1. The molecule has 1 N–H and O–H groups in total. The molecule has 1 heterocycles. The molecule has 174 valence electrons. The number of methoxy groups -OCH3 is 1. The molecule has 3 aromatic rings. The van der Waals surface area contributed by atoms with Gasteiger partial charge in [-0.2, -0.15) is 0 Å². The van der Waals surface area contributed by atoms with Crippen LogP contribution in [0, 0.1) is 6.92 Å². The van der Waals surface area contributed by atoms with Crippen molar-refractivity contribution in [1.82, 2.24) is 9.36 Å². The molecule has 2 aromatic carbocycles. The normalized spacial score (nSPS) is 11.5. The molecule has 0 saturated carbocycles. The average Bonchev–Trinajstić information content (AvgIpc) is 3.02. The number of ether oxygens (including phenoxy) is 3. The summed E-state index contributed by atoms with van der Waals surface area (Å²) in [5.74, 6) is -0.443. The van der Waals surface area contributed by atoms with Gasteiger partial charge in [0.15, 0.2) is 17.6 Å². The predicted molar refractivity (Wildman–Crippen MR) is 123 cm³/mol. The van der Waals surface area contributed by atoms with Crippen molar-refractivity contribution in [2.45, 2.75) is 26.9 Å². The Kier molecular flexibility index (Phi) is 7.22. The van der Waals surface area contributed by atoms with Gasteiger partial charge in [-0.3, -0.25) is 14.3 Å². The Morgan fingerprint density at radius 3 is 2.42 bits per heavy atom. The van der Waals surface area contributed by atoms with Gasteiger partial charge in [0.2, 0.25) is 0 Å². The first-order chi connectivity index (χ1) is 15.8. The van der Waals surface area contributed by atoms with Gasteiger partial charge >= 0.3 is 5.97 Å². The molecule has 1 amide bonds. The highest BCUT2D eigenvalue weighted by Gasteiger charge is 2.24. The van der Waals surface area contributed by atoms with E-state index in [1.807, 2.05) is 25.1 Å². The summed E-state index contributed by atoms with van der Waals surface area (Å²) in [6, 6.07) is 13.7. The second kappa shape index (κ2) is 10.1. The van der Waals surface area contributed by atoms with Crippen LogP contribution in [0.5, 0.6) is 11.5 Å². The zero-order valence-corrected chi connectivity index (χ0v) is 19.2. The number of para-hydroxylation sites is 1. The Labute approximate surface area is 191 Å². The van der Waals surface area contributed by atoms with Crippen LogP contribution in [0.3, 0.4) is 0 Å². The quantitative estimate of drug-likeness (QED) is 0.526. The van der Waals surface area contributed by atoms with E-state index in [0.717, 1.165) is 0 Å². The van der Waals surface area contributed by atoms with Crippen LogP contribution in [0.1, 0.15) is 29.9 Å². The van der Waals surface area contributed by atoms with Gasteiger partial charge in [-0.15, -0.1) is 0 Å². The third-order valence-electron chi connectivity index (χ3n) is 5.15. The minimum Gasteiger partial charge on any atom is -0.493 e. The van der Waals surface area contributed by atoms with Crippen LogP contribution in [0.4, 0.5) is 5.69 Å². The number of amides is 1. The Bertz CT molecular complexity index is 1210. The molecular formula is C24H27N3O6. The predicted octanol–water partition coefficient (Wildman–Crippen LogP) is 3.08. The fourth-order valence-electron chi connectivity index (χ4n) is 3.29. The van der Waals surface area contributed by atoms with Crippen molar-refractivity contribution in [2.75, 3.05) is 19.0 Å². The van der Waals surface area contributed by atoms with E-state index in [0.29, 0.717) is 29.5 Å². The van der Waals surface area contributed by atoms with E-state index < -0.39 is 18.0 Å². The number of nitrogens with zero attached hydrogens (tertiary/aromatic N) is 2. The Morgan fingerprint density at radius 2 is 1.79 bits per heavy atom. The molecule has 3 rings (SSSR count). The number of nitrogens with one attached hydrogen (secondary N) is 1. The molecule has 1 atom stereocenters. The fourth-order valence-corrected chi connectivity index (χ4v) is 3.29. The summed E-state index contributed by atoms with van der Waals surface area (Å²) in [4.78, 5) is 38.3. The number of carbonyl (C=O) groups excluding carboxylic acids is 2. The molecule has 0 aliphatic rings. The van der Waals surface area contributed by atoms with Gasteiger partial charge in [0.05, 0.1) is 30.7 Å². The zero-order valence-electron chi connectivity index (χ0n) is 19.2. The lowest BCUT2D eigenvalue weighted by molar-refractivity contribution is -0.123. The molecule has 0 spiro atoms. The fraction of sp³-hybridized carbons (Fsp3) is 0.292. The minimum absolute atomic E-state index is 0.123. The van der Waals surface area contributed by atoms with Crippen molar-refractivity contribution in [1.29, 1.82) is 0 Å². The van der Waals surface area contributed by atoms with Crippen LogP contribution in [0.2, 0.25) is 0 Å². The number of hydrogen-bond acceptors (Lipinski definition) is 6. The summed E-state index contributed by atoms with van der Waals surface area (Å²) in [5.41, 5.74) is 1.17. The molecule has 9 heteroatoms. The molecule has 0 bridgehead atoms. The van der Waals surface area contributed by atoms with Crippen molar-refractivity contribution < 1.29 is 23.8 Å². The molecule has 0 aliphatic heterocycles. The van der Waals surface area contributed by atoms with Crippen molar-refractivity contribution >= 4 is 17.6 Å².